The standard InChI is InChI=1S/C13H18F3NO2/c1-3-10(17)7-9-5-4-6-11(18-2)12(9)19-8-13(14,15)16/h4-6,10H,3,7-8,17H2,1-2H3. The number of alkyl halides is 3. The second kappa shape index (κ2) is 6.65. The molecule has 0 aliphatic rings. The van der Waals surface area contributed by atoms with Gasteiger partial charge in [0.25, 0.3) is 0 Å². The summed E-state index contributed by atoms with van der Waals surface area (Å²) in [7, 11) is 1.39. The lowest BCUT2D eigenvalue weighted by molar-refractivity contribution is -0.153. The summed E-state index contributed by atoms with van der Waals surface area (Å²) in [4.78, 5) is 0. The average Bonchev–Trinajstić information content (AvgIpc) is 2.35. The van der Waals surface area contributed by atoms with E-state index >= 15 is 0 Å². The number of benzene rings is 1. The highest BCUT2D eigenvalue weighted by Gasteiger charge is 2.29. The van der Waals surface area contributed by atoms with E-state index in [2.05, 4.69) is 0 Å². The minimum Gasteiger partial charge on any atom is -0.493 e. The van der Waals surface area contributed by atoms with Crippen LogP contribution < -0.4 is 15.2 Å². The van der Waals surface area contributed by atoms with Crippen LogP contribution >= 0.6 is 0 Å². The van der Waals surface area contributed by atoms with Crippen LogP contribution in [0.4, 0.5) is 13.2 Å². The van der Waals surface area contributed by atoms with Crippen LogP contribution in [-0.2, 0) is 6.42 Å². The summed E-state index contributed by atoms with van der Waals surface area (Å²) in [6, 6.07) is 4.84. The molecule has 1 aromatic rings. The first-order chi connectivity index (χ1) is 8.87. The molecule has 0 aliphatic carbocycles. The highest BCUT2D eigenvalue weighted by molar-refractivity contribution is 5.47. The highest BCUT2D eigenvalue weighted by atomic mass is 19.4. The second-order valence-electron chi connectivity index (χ2n) is 4.22. The molecule has 0 amide bonds. The van der Waals surface area contributed by atoms with Crippen LogP contribution in [0.15, 0.2) is 18.2 Å². The molecule has 0 aromatic heterocycles. The molecule has 3 nitrogen and oxygen atoms in total. The predicted octanol–water partition coefficient (Wildman–Crippen LogP) is 2.92. The molecule has 1 rings (SSSR count). The van der Waals surface area contributed by atoms with E-state index in [-0.39, 0.29) is 17.5 Å². The van der Waals surface area contributed by atoms with Crippen LogP contribution in [0.1, 0.15) is 18.9 Å². The first kappa shape index (κ1) is 15.6. The normalized spacial score (nSPS) is 13.2. The number of nitrogens with two attached hydrogens (primary N) is 1. The van der Waals surface area contributed by atoms with Crippen molar-refractivity contribution in [3.63, 3.8) is 0 Å². The molecule has 1 atom stereocenters. The fraction of sp³-hybridized carbons (Fsp3) is 0.538. The Balaban J connectivity index is 2.96. The Morgan fingerprint density at radius 3 is 2.53 bits per heavy atom. The smallest absolute Gasteiger partial charge is 0.422 e. The van der Waals surface area contributed by atoms with Crippen LogP contribution in [0, 0.1) is 0 Å². The molecule has 19 heavy (non-hydrogen) atoms. The van der Waals surface area contributed by atoms with Gasteiger partial charge in [-0.3, -0.25) is 0 Å². The molecule has 1 aromatic carbocycles. The molecule has 6 heteroatoms. The largest absolute Gasteiger partial charge is 0.493 e. The number of para-hydroxylation sites is 1. The molecular weight excluding hydrogens is 259 g/mol. The van der Waals surface area contributed by atoms with Gasteiger partial charge in [-0.15, -0.1) is 0 Å². The maximum absolute atomic E-state index is 12.2. The van der Waals surface area contributed by atoms with Crippen LogP contribution in [0.5, 0.6) is 11.5 Å². The minimum atomic E-state index is -4.38. The molecule has 0 radical (unpaired) electrons. The molecular formula is C13H18F3NO2. The van der Waals surface area contributed by atoms with Gasteiger partial charge in [-0.05, 0) is 24.5 Å². The van der Waals surface area contributed by atoms with Gasteiger partial charge >= 0.3 is 6.18 Å². The van der Waals surface area contributed by atoms with Gasteiger partial charge < -0.3 is 15.2 Å². The average molecular weight is 277 g/mol. The third-order valence-electron chi connectivity index (χ3n) is 2.67. The maximum Gasteiger partial charge on any atom is 0.422 e. The number of ether oxygens (including phenoxy) is 2. The van der Waals surface area contributed by atoms with E-state index in [1.807, 2.05) is 6.92 Å². The Morgan fingerprint density at radius 1 is 1.32 bits per heavy atom. The van der Waals surface area contributed by atoms with Gasteiger partial charge in [0.2, 0.25) is 0 Å². The van der Waals surface area contributed by atoms with E-state index in [9.17, 15) is 13.2 Å². The second-order valence-corrected chi connectivity index (χ2v) is 4.22. The van der Waals surface area contributed by atoms with Crippen molar-refractivity contribution >= 4 is 0 Å². The molecule has 0 heterocycles. The number of hydrogen-bond donors (Lipinski definition) is 1. The van der Waals surface area contributed by atoms with Crippen molar-refractivity contribution in [3.8, 4) is 11.5 Å². The summed E-state index contributed by atoms with van der Waals surface area (Å²) in [5.41, 5.74) is 6.45. The first-order valence-electron chi connectivity index (χ1n) is 5.98. The summed E-state index contributed by atoms with van der Waals surface area (Å²) < 4.78 is 46.6. The van der Waals surface area contributed by atoms with Gasteiger partial charge in [0.15, 0.2) is 18.1 Å². The van der Waals surface area contributed by atoms with Crippen molar-refractivity contribution in [2.24, 2.45) is 5.73 Å². The van der Waals surface area contributed by atoms with Gasteiger partial charge in [0, 0.05) is 6.04 Å². The third kappa shape index (κ3) is 4.98. The minimum absolute atomic E-state index is 0.117. The monoisotopic (exact) mass is 277 g/mol. The summed E-state index contributed by atoms with van der Waals surface area (Å²) in [6.45, 7) is 0.572. The zero-order valence-corrected chi connectivity index (χ0v) is 11.0. The van der Waals surface area contributed by atoms with E-state index < -0.39 is 12.8 Å². The quantitative estimate of drug-likeness (QED) is 0.869. The first-order valence-corrected chi connectivity index (χ1v) is 5.98. The highest BCUT2D eigenvalue weighted by Crippen LogP contribution is 2.33. The van der Waals surface area contributed by atoms with Crippen LogP contribution in [0.3, 0.4) is 0 Å². The van der Waals surface area contributed by atoms with E-state index in [1.54, 1.807) is 18.2 Å². The van der Waals surface area contributed by atoms with E-state index in [1.165, 1.54) is 7.11 Å². The Hall–Kier alpha value is -1.43. The van der Waals surface area contributed by atoms with Crippen LogP contribution in [0.2, 0.25) is 0 Å². The summed E-state index contributed by atoms with van der Waals surface area (Å²) in [5.74, 6) is 0.399. The topological polar surface area (TPSA) is 44.5 Å². The third-order valence-corrected chi connectivity index (χ3v) is 2.67. The van der Waals surface area contributed by atoms with Crippen LogP contribution in [0.25, 0.3) is 0 Å². The SMILES string of the molecule is CCC(N)Cc1cccc(OC)c1OCC(F)(F)F. The lowest BCUT2D eigenvalue weighted by Gasteiger charge is -2.17. The number of rotatable bonds is 6. The van der Waals surface area contributed by atoms with Gasteiger partial charge in [0.1, 0.15) is 0 Å². The zero-order valence-electron chi connectivity index (χ0n) is 11.0. The van der Waals surface area contributed by atoms with Crippen molar-refractivity contribution in [1.82, 2.24) is 0 Å². The molecule has 2 N–H and O–H groups in total. The number of halogens is 3. The predicted molar refractivity (Wildman–Crippen MR) is 66.5 cm³/mol. The van der Waals surface area contributed by atoms with Gasteiger partial charge in [0.05, 0.1) is 7.11 Å². The molecule has 0 aliphatic heterocycles. The summed E-state index contributed by atoms with van der Waals surface area (Å²) in [6.07, 6.45) is -3.21. The lowest BCUT2D eigenvalue weighted by atomic mass is 10.0. The van der Waals surface area contributed by atoms with Crippen LogP contribution in [-0.4, -0.2) is 25.9 Å². The van der Waals surface area contributed by atoms with Crippen molar-refractivity contribution in [2.75, 3.05) is 13.7 Å². The summed E-state index contributed by atoms with van der Waals surface area (Å²) >= 11 is 0. The van der Waals surface area contributed by atoms with E-state index in [0.29, 0.717) is 12.0 Å². The molecule has 0 saturated heterocycles. The van der Waals surface area contributed by atoms with E-state index in [4.69, 9.17) is 15.2 Å². The van der Waals surface area contributed by atoms with Gasteiger partial charge in [-0.2, -0.15) is 13.2 Å². The molecule has 0 spiro atoms. The Morgan fingerprint density at radius 2 is 2.00 bits per heavy atom. The van der Waals surface area contributed by atoms with Gasteiger partial charge in [-0.1, -0.05) is 19.1 Å². The Bertz CT molecular complexity index is 407. The maximum atomic E-state index is 12.2. The van der Waals surface area contributed by atoms with Gasteiger partial charge in [-0.25, -0.2) is 0 Å². The molecule has 1 unspecified atom stereocenters. The zero-order chi connectivity index (χ0) is 14.5. The summed E-state index contributed by atoms with van der Waals surface area (Å²) in [5, 5.41) is 0. The van der Waals surface area contributed by atoms with Crippen molar-refractivity contribution in [3.05, 3.63) is 23.8 Å². The van der Waals surface area contributed by atoms with E-state index in [0.717, 1.165) is 6.42 Å². The number of hydrogen-bond acceptors (Lipinski definition) is 3. The fourth-order valence-corrected chi connectivity index (χ4v) is 1.63. The molecule has 0 fully saturated rings. The fourth-order valence-electron chi connectivity index (χ4n) is 1.63. The number of methoxy groups -OCH3 is 1. The Labute approximate surface area is 110 Å². The molecule has 0 saturated carbocycles. The molecule has 108 valence electrons. The van der Waals surface area contributed by atoms with Crippen molar-refractivity contribution < 1.29 is 22.6 Å². The molecule has 0 bridgehead atoms. The van der Waals surface area contributed by atoms with Crippen molar-refractivity contribution in [1.29, 1.82) is 0 Å². The lowest BCUT2D eigenvalue weighted by Crippen LogP contribution is -2.23. The van der Waals surface area contributed by atoms with Crippen molar-refractivity contribution in [2.45, 2.75) is 32.0 Å². The Kier molecular flexibility index (Phi) is 5.47.